The number of nitrogens with two attached hydrogens (primary N) is 1. The van der Waals surface area contributed by atoms with E-state index in [1.165, 1.54) is 0 Å². The van der Waals surface area contributed by atoms with Crippen molar-refractivity contribution >= 4 is 5.69 Å². The molecule has 1 rings (SSSR count). The van der Waals surface area contributed by atoms with Crippen molar-refractivity contribution in [3.05, 3.63) is 29.8 Å². The molecular weight excluding hydrogens is 179 g/mol. The topological polar surface area (TPSA) is 29.3 Å². The summed E-state index contributed by atoms with van der Waals surface area (Å²) in [5.41, 5.74) is 7.08. The van der Waals surface area contributed by atoms with E-state index in [-0.39, 0.29) is 0 Å². The highest BCUT2D eigenvalue weighted by Gasteiger charge is 2.08. The molecule has 0 aliphatic rings. The van der Waals surface area contributed by atoms with Crippen molar-refractivity contribution in [2.24, 2.45) is 5.73 Å². The van der Waals surface area contributed by atoms with Gasteiger partial charge in [0, 0.05) is 19.8 Å². The molecule has 1 unspecified atom stereocenters. The zero-order chi connectivity index (χ0) is 10.6. The smallest absolute Gasteiger partial charge is 0.126 e. The van der Waals surface area contributed by atoms with Crippen LogP contribution in [-0.2, 0) is 0 Å². The molecule has 0 radical (unpaired) electrons. The van der Waals surface area contributed by atoms with Crippen LogP contribution in [0.1, 0.15) is 18.2 Å². The third kappa shape index (κ3) is 2.70. The highest BCUT2D eigenvalue weighted by atomic mass is 19.1. The van der Waals surface area contributed by atoms with Gasteiger partial charge in [0.15, 0.2) is 0 Å². The van der Waals surface area contributed by atoms with Crippen LogP contribution in [0.4, 0.5) is 10.1 Å². The molecule has 2 N–H and O–H groups in total. The highest BCUT2D eigenvalue weighted by Crippen LogP contribution is 2.22. The van der Waals surface area contributed by atoms with Crippen molar-refractivity contribution in [3.8, 4) is 0 Å². The Kier molecular flexibility index (Phi) is 3.89. The number of benzene rings is 1. The predicted molar refractivity (Wildman–Crippen MR) is 58.3 cm³/mol. The van der Waals surface area contributed by atoms with E-state index in [1.54, 1.807) is 0 Å². The summed E-state index contributed by atoms with van der Waals surface area (Å²) in [5, 5.41) is 0. The lowest BCUT2D eigenvalue weighted by atomic mass is 10.1. The number of hydrogen-bond donors (Lipinski definition) is 1. The molecule has 1 aromatic carbocycles. The Bertz CT molecular complexity index is 269. The van der Waals surface area contributed by atoms with Crippen molar-refractivity contribution in [1.29, 1.82) is 0 Å². The maximum absolute atomic E-state index is 13.4. The second-order valence-corrected chi connectivity index (χ2v) is 3.53. The third-order valence-corrected chi connectivity index (χ3v) is 2.19. The zero-order valence-electron chi connectivity index (χ0n) is 8.70. The molecule has 14 heavy (non-hydrogen) atoms. The van der Waals surface area contributed by atoms with Crippen LogP contribution in [0.15, 0.2) is 24.3 Å². The summed E-state index contributed by atoms with van der Waals surface area (Å²) in [6, 6.07) is 7.46. The molecule has 78 valence electrons. The van der Waals surface area contributed by atoms with Crippen LogP contribution in [0.3, 0.4) is 0 Å². The first-order chi connectivity index (χ1) is 6.65. The number of rotatable bonds is 4. The van der Waals surface area contributed by atoms with Gasteiger partial charge >= 0.3 is 0 Å². The number of alkyl halides is 1. The maximum Gasteiger partial charge on any atom is 0.126 e. The molecule has 1 atom stereocenters. The van der Waals surface area contributed by atoms with E-state index < -0.39 is 6.17 Å². The SMILES string of the molecule is CN(C)c1ccc(C(F)CCN)cc1. The summed E-state index contributed by atoms with van der Waals surface area (Å²) < 4.78 is 13.4. The fourth-order valence-electron chi connectivity index (χ4n) is 1.29. The summed E-state index contributed by atoms with van der Waals surface area (Å²) in [7, 11) is 3.92. The average Bonchev–Trinajstić information content (AvgIpc) is 2.18. The van der Waals surface area contributed by atoms with Crippen LogP contribution < -0.4 is 10.6 Å². The van der Waals surface area contributed by atoms with Crippen molar-refractivity contribution in [2.75, 3.05) is 25.5 Å². The second kappa shape index (κ2) is 4.96. The van der Waals surface area contributed by atoms with E-state index in [2.05, 4.69) is 0 Å². The Morgan fingerprint density at radius 3 is 2.29 bits per heavy atom. The monoisotopic (exact) mass is 196 g/mol. The third-order valence-electron chi connectivity index (χ3n) is 2.19. The molecular formula is C11H17FN2. The normalized spacial score (nSPS) is 12.6. The van der Waals surface area contributed by atoms with Crippen LogP contribution in [-0.4, -0.2) is 20.6 Å². The molecule has 0 fully saturated rings. The van der Waals surface area contributed by atoms with Gasteiger partial charge < -0.3 is 10.6 Å². The first-order valence-electron chi connectivity index (χ1n) is 4.76. The van der Waals surface area contributed by atoms with Crippen LogP contribution in [0, 0.1) is 0 Å². The molecule has 0 aliphatic carbocycles. The lowest BCUT2D eigenvalue weighted by Gasteiger charge is -2.13. The summed E-state index contributed by atoms with van der Waals surface area (Å²) >= 11 is 0. The Balaban J connectivity index is 2.72. The second-order valence-electron chi connectivity index (χ2n) is 3.53. The Morgan fingerprint density at radius 2 is 1.86 bits per heavy atom. The molecule has 2 nitrogen and oxygen atoms in total. The van der Waals surface area contributed by atoms with Crippen LogP contribution in [0.2, 0.25) is 0 Å². The van der Waals surface area contributed by atoms with Crippen LogP contribution in [0.5, 0.6) is 0 Å². The van der Waals surface area contributed by atoms with Gasteiger partial charge in [-0.25, -0.2) is 4.39 Å². The lowest BCUT2D eigenvalue weighted by molar-refractivity contribution is 0.328. The van der Waals surface area contributed by atoms with Gasteiger partial charge in [-0.15, -0.1) is 0 Å². The van der Waals surface area contributed by atoms with Crippen molar-refractivity contribution in [3.63, 3.8) is 0 Å². The average molecular weight is 196 g/mol. The fourth-order valence-corrected chi connectivity index (χ4v) is 1.29. The minimum absolute atomic E-state index is 0.386. The van der Waals surface area contributed by atoms with E-state index in [0.29, 0.717) is 18.5 Å². The quantitative estimate of drug-likeness (QED) is 0.799. The van der Waals surface area contributed by atoms with Crippen LogP contribution >= 0.6 is 0 Å². The molecule has 0 spiro atoms. The van der Waals surface area contributed by atoms with Gasteiger partial charge in [0.2, 0.25) is 0 Å². The molecule has 3 heteroatoms. The molecule has 1 aromatic rings. The van der Waals surface area contributed by atoms with E-state index in [1.807, 2.05) is 43.3 Å². The summed E-state index contributed by atoms with van der Waals surface area (Å²) in [6.45, 7) is 0.386. The Hall–Kier alpha value is -1.09. The number of nitrogens with zero attached hydrogens (tertiary/aromatic N) is 1. The minimum atomic E-state index is -0.934. The molecule has 0 bridgehead atoms. The van der Waals surface area contributed by atoms with Gasteiger partial charge in [-0.2, -0.15) is 0 Å². The van der Waals surface area contributed by atoms with Crippen LogP contribution in [0.25, 0.3) is 0 Å². The van der Waals surface area contributed by atoms with Gasteiger partial charge in [0.25, 0.3) is 0 Å². The van der Waals surface area contributed by atoms with Gasteiger partial charge in [0.1, 0.15) is 6.17 Å². The summed E-state index contributed by atoms with van der Waals surface area (Å²) in [6.07, 6.45) is -0.544. The summed E-state index contributed by atoms with van der Waals surface area (Å²) in [5.74, 6) is 0. The largest absolute Gasteiger partial charge is 0.378 e. The number of halogens is 1. The number of anilines is 1. The van der Waals surface area contributed by atoms with E-state index in [0.717, 1.165) is 5.69 Å². The summed E-state index contributed by atoms with van der Waals surface area (Å²) in [4.78, 5) is 1.99. The Labute approximate surface area is 84.5 Å². The molecule has 0 heterocycles. The fraction of sp³-hybridized carbons (Fsp3) is 0.455. The Morgan fingerprint density at radius 1 is 1.29 bits per heavy atom. The standard InChI is InChI=1S/C11H17FN2/c1-14(2)10-5-3-9(4-6-10)11(12)7-8-13/h3-6,11H,7-8,13H2,1-2H3. The van der Waals surface area contributed by atoms with E-state index in [4.69, 9.17) is 5.73 Å². The van der Waals surface area contributed by atoms with Gasteiger partial charge in [-0.3, -0.25) is 0 Å². The van der Waals surface area contributed by atoms with Gasteiger partial charge in [-0.1, -0.05) is 12.1 Å². The lowest BCUT2D eigenvalue weighted by Crippen LogP contribution is -2.08. The van der Waals surface area contributed by atoms with Crippen molar-refractivity contribution in [1.82, 2.24) is 0 Å². The molecule has 0 aliphatic heterocycles. The molecule has 0 amide bonds. The minimum Gasteiger partial charge on any atom is -0.378 e. The van der Waals surface area contributed by atoms with E-state index in [9.17, 15) is 4.39 Å². The molecule has 0 saturated carbocycles. The first kappa shape index (κ1) is 11.0. The van der Waals surface area contributed by atoms with Crippen molar-refractivity contribution in [2.45, 2.75) is 12.6 Å². The van der Waals surface area contributed by atoms with Gasteiger partial charge in [0.05, 0.1) is 0 Å². The number of hydrogen-bond acceptors (Lipinski definition) is 2. The van der Waals surface area contributed by atoms with Crippen molar-refractivity contribution < 1.29 is 4.39 Å². The zero-order valence-corrected chi connectivity index (χ0v) is 8.70. The maximum atomic E-state index is 13.4. The molecule has 0 aromatic heterocycles. The van der Waals surface area contributed by atoms with Gasteiger partial charge in [-0.05, 0) is 30.7 Å². The highest BCUT2D eigenvalue weighted by molar-refractivity contribution is 5.46. The first-order valence-corrected chi connectivity index (χ1v) is 4.76. The molecule has 0 saturated heterocycles. The predicted octanol–water partition coefficient (Wildman–Crippen LogP) is 2.11. The van der Waals surface area contributed by atoms with E-state index >= 15 is 0 Å².